The number of aryl methyl sites for hydroxylation is 1. The third-order valence-corrected chi connectivity index (χ3v) is 2.55. The summed E-state index contributed by atoms with van der Waals surface area (Å²) in [6.45, 7) is 8.92. The van der Waals surface area contributed by atoms with E-state index in [0.717, 1.165) is 12.0 Å². The highest BCUT2D eigenvalue weighted by Crippen LogP contribution is 2.19. The minimum Gasteiger partial charge on any atom is -0.494 e. The van der Waals surface area contributed by atoms with Gasteiger partial charge in [0.1, 0.15) is 5.75 Å². The van der Waals surface area contributed by atoms with Gasteiger partial charge in [-0.3, -0.25) is 0 Å². The van der Waals surface area contributed by atoms with Gasteiger partial charge in [0.15, 0.2) is 0 Å². The molecule has 0 radical (unpaired) electrons. The Kier molecular flexibility index (Phi) is 4.60. The Morgan fingerprint density at radius 1 is 1.24 bits per heavy atom. The molecular formula is C13H21BO3. The molecule has 1 aromatic rings. The molecule has 0 saturated carbocycles. The predicted octanol–water partition coefficient (Wildman–Crippen LogP) is 1.49. The zero-order valence-corrected chi connectivity index (χ0v) is 11.0. The Morgan fingerprint density at radius 3 is 2.41 bits per heavy atom. The van der Waals surface area contributed by atoms with Crippen molar-refractivity contribution in [1.82, 2.24) is 0 Å². The summed E-state index contributed by atoms with van der Waals surface area (Å²) < 4.78 is 5.61. The van der Waals surface area contributed by atoms with E-state index in [1.807, 2.05) is 13.0 Å². The average molecular weight is 236 g/mol. The van der Waals surface area contributed by atoms with E-state index < -0.39 is 7.12 Å². The summed E-state index contributed by atoms with van der Waals surface area (Å²) >= 11 is 0. The first kappa shape index (κ1) is 14.1. The molecule has 0 fully saturated rings. The smallest absolute Gasteiger partial charge is 0.492 e. The third kappa shape index (κ3) is 4.80. The first-order valence-electron chi connectivity index (χ1n) is 5.89. The van der Waals surface area contributed by atoms with Crippen LogP contribution in [0.2, 0.25) is 0 Å². The van der Waals surface area contributed by atoms with Gasteiger partial charge in [0.25, 0.3) is 0 Å². The zero-order valence-electron chi connectivity index (χ0n) is 11.0. The lowest BCUT2D eigenvalue weighted by Gasteiger charge is -2.19. The lowest BCUT2D eigenvalue weighted by molar-refractivity contribution is 0.243. The molecule has 0 bridgehead atoms. The minimum absolute atomic E-state index is 0.211. The summed E-state index contributed by atoms with van der Waals surface area (Å²) in [5, 5.41) is 18.5. The topological polar surface area (TPSA) is 49.7 Å². The highest BCUT2D eigenvalue weighted by molar-refractivity contribution is 6.59. The van der Waals surface area contributed by atoms with Crippen LogP contribution < -0.4 is 10.2 Å². The SMILES string of the molecule is Cc1ccc(OCCC(C)(C)C)c(B(O)O)c1. The molecule has 4 heteroatoms. The van der Waals surface area contributed by atoms with Crippen molar-refractivity contribution in [2.75, 3.05) is 6.61 Å². The van der Waals surface area contributed by atoms with Crippen molar-refractivity contribution in [3.8, 4) is 5.75 Å². The van der Waals surface area contributed by atoms with Crippen molar-refractivity contribution >= 4 is 12.6 Å². The maximum Gasteiger partial charge on any atom is 0.492 e. The van der Waals surface area contributed by atoms with Crippen molar-refractivity contribution in [2.24, 2.45) is 5.41 Å². The van der Waals surface area contributed by atoms with Gasteiger partial charge >= 0.3 is 7.12 Å². The molecule has 3 nitrogen and oxygen atoms in total. The molecule has 17 heavy (non-hydrogen) atoms. The van der Waals surface area contributed by atoms with Crippen LogP contribution in [0.25, 0.3) is 0 Å². The van der Waals surface area contributed by atoms with Gasteiger partial charge < -0.3 is 14.8 Å². The zero-order chi connectivity index (χ0) is 13.1. The molecule has 0 aliphatic carbocycles. The number of ether oxygens (including phenoxy) is 1. The second-order valence-electron chi connectivity index (χ2n) is 5.57. The summed E-state index contributed by atoms with van der Waals surface area (Å²) in [7, 11) is -1.49. The molecule has 0 saturated heterocycles. The molecule has 0 atom stereocenters. The molecule has 0 amide bonds. The highest BCUT2D eigenvalue weighted by Gasteiger charge is 2.18. The maximum absolute atomic E-state index is 9.26. The van der Waals surface area contributed by atoms with Crippen molar-refractivity contribution in [3.63, 3.8) is 0 Å². The van der Waals surface area contributed by atoms with Crippen LogP contribution in [-0.4, -0.2) is 23.8 Å². The Bertz CT molecular complexity index is 369. The van der Waals surface area contributed by atoms with Crippen molar-refractivity contribution in [2.45, 2.75) is 34.1 Å². The fourth-order valence-corrected chi connectivity index (χ4v) is 1.47. The van der Waals surface area contributed by atoms with E-state index in [2.05, 4.69) is 20.8 Å². The number of hydrogen-bond donors (Lipinski definition) is 2. The number of hydrogen-bond acceptors (Lipinski definition) is 3. The summed E-state index contributed by atoms with van der Waals surface area (Å²) in [5.74, 6) is 0.551. The van der Waals surface area contributed by atoms with Crippen molar-refractivity contribution in [1.29, 1.82) is 0 Å². The van der Waals surface area contributed by atoms with Gasteiger partial charge in [-0.1, -0.05) is 38.5 Å². The van der Waals surface area contributed by atoms with Crippen LogP contribution in [0, 0.1) is 12.3 Å². The van der Waals surface area contributed by atoms with Crippen molar-refractivity contribution < 1.29 is 14.8 Å². The van der Waals surface area contributed by atoms with Crippen molar-refractivity contribution in [3.05, 3.63) is 23.8 Å². The largest absolute Gasteiger partial charge is 0.494 e. The molecule has 1 rings (SSSR count). The van der Waals surface area contributed by atoms with Crippen LogP contribution in [0.3, 0.4) is 0 Å². The van der Waals surface area contributed by atoms with E-state index in [9.17, 15) is 10.0 Å². The molecule has 0 aliphatic rings. The second-order valence-corrected chi connectivity index (χ2v) is 5.57. The third-order valence-electron chi connectivity index (χ3n) is 2.55. The van der Waals surface area contributed by atoms with Crippen LogP contribution >= 0.6 is 0 Å². The Morgan fingerprint density at radius 2 is 1.88 bits per heavy atom. The predicted molar refractivity (Wildman–Crippen MR) is 70.6 cm³/mol. The van der Waals surface area contributed by atoms with Crippen LogP contribution in [-0.2, 0) is 0 Å². The average Bonchev–Trinajstić information content (AvgIpc) is 2.18. The van der Waals surface area contributed by atoms with E-state index in [1.165, 1.54) is 0 Å². The summed E-state index contributed by atoms with van der Waals surface area (Å²) in [6.07, 6.45) is 0.918. The number of benzene rings is 1. The molecule has 0 aliphatic heterocycles. The number of rotatable bonds is 4. The fraction of sp³-hybridized carbons (Fsp3) is 0.538. The monoisotopic (exact) mass is 236 g/mol. The van der Waals surface area contributed by atoms with E-state index in [1.54, 1.807) is 12.1 Å². The Balaban J connectivity index is 2.70. The van der Waals surface area contributed by atoms with Crippen LogP contribution in [0.15, 0.2) is 18.2 Å². The van der Waals surface area contributed by atoms with Gasteiger partial charge in [-0.25, -0.2) is 0 Å². The first-order chi connectivity index (χ1) is 7.79. The van der Waals surface area contributed by atoms with Gasteiger partial charge in [0.2, 0.25) is 0 Å². The molecule has 0 heterocycles. The molecular weight excluding hydrogens is 215 g/mol. The Labute approximate surface area is 104 Å². The van der Waals surface area contributed by atoms with Gasteiger partial charge in [0.05, 0.1) is 6.61 Å². The van der Waals surface area contributed by atoms with Gasteiger partial charge in [-0.05, 0) is 24.8 Å². The second kappa shape index (κ2) is 5.56. The summed E-state index contributed by atoms with van der Waals surface area (Å²) in [6, 6.07) is 5.42. The lowest BCUT2D eigenvalue weighted by atomic mass is 9.79. The summed E-state index contributed by atoms with van der Waals surface area (Å²) in [4.78, 5) is 0. The minimum atomic E-state index is -1.49. The van der Waals surface area contributed by atoms with E-state index >= 15 is 0 Å². The van der Waals surface area contributed by atoms with Crippen LogP contribution in [0.5, 0.6) is 5.75 Å². The summed E-state index contributed by atoms with van der Waals surface area (Å²) in [5.41, 5.74) is 1.62. The molecule has 94 valence electrons. The Hall–Kier alpha value is -0.995. The van der Waals surface area contributed by atoms with Gasteiger partial charge in [-0.15, -0.1) is 0 Å². The lowest BCUT2D eigenvalue weighted by Crippen LogP contribution is -2.32. The molecule has 0 spiro atoms. The highest BCUT2D eigenvalue weighted by atomic mass is 16.5. The molecule has 1 aromatic carbocycles. The van der Waals surface area contributed by atoms with E-state index in [4.69, 9.17) is 4.74 Å². The van der Waals surface area contributed by atoms with Gasteiger partial charge in [-0.2, -0.15) is 0 Å². The van der Waals surface area contributed by atoms with Gasteiger partial charge in [0, 0.05) is 5.46 Å². The fourth-order valence-electron chi connectivity index (χ4n) is 1.47. The van der Waals surface area contributed by atoms with E-state index in [0.29, 0.717) is 17.8 Å². The quantitative estimate of drug-likeness (QED) is 0.778. The molecule has 0 aromatic heterocycles. The first-order valence-corrected chi connectivity index (χ1v) is 5.89. The normalized spacial score (nSPS) is 11.4. The molecule has 0 unspecified atom stereocenters. The van der Waals surface area contributed by atoms with Crippen LogP contribution in [0.1, 0.15) is 32.8 Å². The molecule has 2 N–H and O–H groups in total. The van der Waals surface area contributed by atoms with Crippen LogP contribution in [0.4, 0.5) is 0 Å². The van der Waals surface area contributed by atoms with E-state index in [-0.39, 0.29) is 5.41 Å². The standard InChI is InChI=1S/C13H21BO3/c1-10-5-6-12(11(9-10)14(15)16)17-8-7-13(2,3)4/h5-6,9,15-16H,7-8H2,1-4H3. The maximum atomic E-state index is 9.26.